The van der Waals surface area contributed by atoms with Crippen LogP contribution in [0.15, 0.2) is 48.5 Å². The van der Waals surface area contributed by atoms with Crippen LogP contribution in [0.25, 0.3) is 10.9 Å². The van der Waals surface area contributed by atoms with Gasteiger partial charge in [0.25, 0.3) is 5.91 Å². The third-order valence-electron chi connectivity index (χ3n) is 7.74. The molecule has 2 aromatic carbocycles. The average Bonchev–Trinajstić information content (AvgIpc) is 3.16. The third-order valence-corrected chi connectivity index (χ3v) is 7.74. The predicted molar refractivity (Wildman–Crippen MR) is 118 cm³/mol. The highest BCUT2D eigenvalue weighted by Crippen LogP contribution is 2.47. The van der Waals surface area contributed by atoms with Gasteiger partial charge in [0.05, 0.1) is 6.04 Å². The van der Waals surface area contributed by atoms with Gasteiger partial charge >= 0.3 is 0 Å². The number of carbonyl (C=O) groups excluding carboxylic acids is 1. The number of nitrogens with zero attached hydrogens (tertiary/aromatic N) is 2. The lowest BCUT2D eigenvalue weighted by molar-refractivity contribution is 0.0435. The molecule has 1 amide bonds. The van der Waals surface area contributed by atoms with Gasteiger partial charge in [-0.3, -0.25) is 4.79 Å². The molecular weight excluding hydrogens is 356 g/mol. The second-order valence-electron chi connectivity index (χ2n) is 9.11. The molecule has 0 spiro atoms. The number of fused-ring (bicyclic) bond motifs is 2. The maximum absolute atomic E-state index is 13.7. The van der Waals surface area contributed by atoms with Crippen LogP contribution in [0.5, 0.6) is 0 Å². The quantitative estimate of drug-likeness (QED) is 0.542. The first-order valence-corrected chi connectivity index (χ1v) is 11.0. The number of rotatable bonds is 2. The van der Waals surface area contributed by atoms with E-state index in [0.29, 0.717) is 17.9 Å². The Labute approximate surface area is 173 Å². The molecule has 1 saturated carbocycles. The van der Waals surface area contributed by atoms with E-state index in [4.69, 9.17) is 0 Å². The number of hydrogen-bond acceptors (Lipinski definition) is 1. The van der Waals surface area contributed by atoms with Gasteiger partial charge in [-0.2, -0.15) is 0 Å². The van der Waals surface area contributed by atoms with E-state index in [1.807, 2.05) is 12.1 Å². The molecule has 0 saturated heterocycles. The molecule has 0 radical (unpaired) electrons. The summed E-state index contributed by atoms with van der Waals surface area (Å²) in [5, 5.41) is 1.27. The van der Waals surface area contributed by atoms with Crippen LogP contribution in [0.1, 0.15) is 66.3 Å². The minimum atomic E-state index is 0.00236. The monoisotopic (exact) mass is 386 g/mol. The van der Waals surface area contributed by atoms with Crippen molar-refractivity contribution in [3.05, 3.63) is 70.9 Å². The van der Waals surface area contributed by atoms with E-state index in [0.717, 1.165) is 12.0 Å². The molecule has 1 fully saturated rings. The van der Waals surface area contributed by atoms with Crippen molar-refractivity contribution in [1.29, 1.82) is 0 Å². The van der Waals surface area contributed by atoms with Crippen molar-refractivity contribution in [2.24, 2.45) is 18.9 Å². The van der Waals surface area contributed by atoms with Gasteiger partial charge in [-0.25, -0.2) is 0 Å². The number of carbonyl (C=O) groups is 1. The van der Waals surface area contributed by atoms with Crippen LogP contribution in [-0.2, 0) is 7.05 Å². The van der Waals surface area contributed by atoms with Gasteiger partial charge in [0, 0.05) is 40.8 Å². The standard InChI is InChI=1S/C26H30N2O/c1-16-10-9-15-22(17(16)2)28-25(19-11-5-6-12-20(19)26(28)29)24-18(3)27(4)23-14-8-7-13-21(23)24/h5-8,11-14,16-17,22,25H,9-10,15H2,1-4H3. The number of aromatic nitrogens is 1. The third kappa shape index (κ3) is 2.59. The van der Waals surface area contributed by atoms with Crippen LogP contribution >= 0.6 is 0 Å². The fourth-order valence-electron chi connectivity index (χ4n) is 5.81. The molecule has 3 nitrogen and oxygen atoms in total. The first-order valence-electron chi connectivity index (χ1n) is 11.0. The molecule has 0 bridgehead atoms. The largest absolute Gasteiger partial charge is 0.348 e. The van der Waals surface area contributed by atoms with Crippen LogP contribution in [0.2, 0.25) is 0 Å². The summed E-state index contributed by atoms with van der Waals surface area (Å²) in [6, 6.07) is 17.2. The summed E-state index contributed by atoms with van der Waals surface area (Å²) >= 11 is 0. The van der Waals surface area contributed by atoms with Crippen LogP contribution in [0.3, 0.4) is 0 Å². The predicted octanol–water partition coefficient (Wildman–Crippen LogP) is 5.86. The van der Waals surface area contributed by atoms with Crippen LogP contribution in [0, 0.1) is 18.8 Å². The molecule has 0 N–H and O–H groups in total. The molecule has 150 valence electrons. The van der Waals surface area contributed by atoms with Gasteiger partial charge in [0.2, 0.25) is 0 Å². The van der Waals surface area contributed by atoms with Gasteiger partial charge < -0.3 is 9.47 Å². The van der Waals surface area contributed by atoms with Crippen LogP contribution in [-0.4, -0.2) is 21.4 Å². The van der Waals surface area contributed by atoms with E-state index in [1.54, 1.807) is 0 Å². The molecule has 3 aromatic rings. The van der Waals surface area contributed by atoms with Crippen molar-refractivity contribution in [2.45, 2.75) is 52.1 Å². The van der Waals surface area contributed by atoms with Crippen molar-refractivity contribution in [1.82, 2.24) is 9.47 Å². The second-order valence-corrected chi connectivity index (χ2v) is 9.11. The molecule has 1 aromatic heterocycles. The zero-order valence-electron chi connectivity index (χ0n) is 17.9. The molecule has 2 aliphatic rings. The Morgan fingerprint density at radius 2 is 1.69 bits per heavy atom. The lowest BCUT2D eigenvalue weighted by Crippen LogP contribution is -2.46. The Kier molecular flexibility index (Phi) is 4.31. The van der Waals surface area contributed by atoms with E-state index < -0.39 is 0 Å². The topological polar surface area (TPSA) is 25.2 Å². The SMILES string of the molecule is Cc1c(C2c3ccccc3C(=O)N2C2CCCC(C)C2C)c2ccccc2n1C. The van der Waals surface area contributed by atoms with Crippen LogP contribution < -0.4 is 0 Å². The van der Waals surface area contributed by atoms with Crippen LogP contribution in [0.4, 0.5) is 0 Å². The van der Waals surface area contributed by atoms with Crippen molar-refractivity contribution in [3.63, 3.8) is 0 Å². The molecular formula is C26H30N2O. The zero-order chi connectivity index (χ0) is 20.3. The lowest BCUT2D eigenvalue weighted by Gasteiger charge is -2.42. The maximum Gasteiger partial charge on any atom is 0.255 e. The highest BCUT2D eigenvalue weighted by atomic mass is 16.2. The second kappa shape index (κ2) is 6.76. The minimum absolute atomic E-state index is 0.00236. The normalized spacial score (nSPS) is 26.9. The van der Waals surface area contributed by atoms with E-state index in [9.17, 15) is 4.79 Å². The Balaban J connectivity index is 1.75. The summed E-state index contributed by atoms with van der Waals surface area (Å²) in [5.41, 5.74) is 5.84. The highest BCUT2D eigenvalue weighted by Gasteiger charge is 2.45. The summed E-state index contributed by atoms with van der Waals surface area (Å²) in [7, 11) is 2.14. The molecule has 3 heteroatoms. The van der Waals surface area contributed by atoms with E-state index >= 15 is 0 Å². The van der Waals surface area contributed by atoms with Crippen molar-refractivity contribution < 1.29 is 4.79 Å². The van der Waals surface area contributed by atoms with Gasteiger partial charge in [-0.05, 0) is 42.9 Å². The summed E-state index contributed by atoms with van der Waals surface area (Å²) < 4.78 is 2.28. The van der Waals surface area contributed by atoms with Crippen molar-refractivity contribution >= 4 is 16.8 Å². The number of aryl methyl sites for hydroxylation is 1. The molecule has 4 atom stereocenters. The number of amides is 1. The highest BCUT2D eigenvalue weighted by molar-refractivity contribution is 6.01. The molecule has 5 rings (SSSR count). The maximum atomic E-state index is 13.7. The molecule has 29 heavy (non-hydrogen) atoms. The summed E-state index contributed by atoms with van der Waals surface area (Å²) in [4.78, 5) is 16.0. The van der Waals surface area contributed by atoms with Gasteiger partial charge in [-0.15, -0.1) is 0 Å². The molecule has 1 aliphatic carbocycles. The zero-order valence-corrected chi connectivity index (χ0v) is 17.9. The summed E-state index contributed by atoms with van der Waals surface area (Å²) in [5.74, 6) is 1.38. The minimum Gasteiger partial charge on any atom is -0.348 e. The van der Waals surface area contributed by atoms with Gasteiger partial charge in [0.1, 0.15) is 0 Å². The van der Waals surface area contributed by atoms with E-state index in [1.165, 1.54) is 40.6 Å². The molecule has 2 heterocycles. The number of benzene rings is 2. The number of hydrogen-bond donors (Lipinski definition) is 0. The smallest absolute Gasteiger partial charge is 0.255 e. The van der Waals surface area contributed by atoms with E-state index in [2.05, 4.69) is 73.7 Å². The van der Waals surface area contributed by atoms with Crippen molar-refractivity contribution in [3.8, 4) is 0 Å². The van der Waals surface area contributed by atoms with E-state index in [-0.39, 0.29) is 11.9 Å². The average molecular weight is 387 g/mol. The molecule has 1 aliphatic heterocycles. The number of para-hydroxylation sites is 1. The fourth-order valence-corrected chi connectivity index (χ4v) is 5.81. The molecule has 4 unspecified atom stereocenters. The first-order chi connectivity index (χ1) is 14.0. The fraction of sp³-hybridized carbons (Fsp3) is 0.423. The first kappa shape index (κ1) is 18.5. The van der Waals surface area contributed by atoms with Gasteiger partial charge in [-0.1, -0.05) is 63.1 Å². The Hall–Kier alpha value is -2.55. The summed E-state index contributed by atoms with van der Waals surface area (Å²) in [6.07, 6.45) is 3.58. The van der Waals surface area contributed by atoms with Crippen molar-refractivity contribution in [2.75, 3.05) is 0 Å². The lowest BCUT2D eigenvalue weighted by atomic mass is 9.76. The Morgan fingerprint density at radius 3 is 2.52 bits per heavy atom. The van der Waals surface area contributed by atoms with Gasteiger partial charge in [0.15, 0.2) is 0 Å². The summed E-state index contributed by atoms with van der Waals surface area (Å²) in [6.45, 7) is 6.90. The Bertz CT molecular complexity index is 1100. The Morgan fingerprint density at radius 1 is 0.966 bits per heavy atom.